The van der Waals surface area contributed by atoms with Crippen molar-refractivity contribution >= 4 is 10.0 Å². The number of hydrogen-bond donors (Lipinski definition) is 1. The van der Waals surface area contributed by atoms with Gasteiger partial charge < -0.3 is 4.74 Å². The molecule has 0 saturated heterocycles. The molecule has 1 aliphatic rings. The van der Waals surface area contributed by atoms with Crippen LogP contribution in [0.4, 0.5) is 0 Å². The fourth-order valence-corrected chi connectivity index (χ4v) is 5.56. The van der Waals surface area contributed by atoms with E-state index in [0.29, 0.717) is 18.3 Å². The molecule has 1 saturated carbocycles. The van der Waals surface area contributed by atoms with Gasteiger partial charge in [-0.3, -0.25) is 9.67 Å². The summed E-state index contributed by atoms with van der Waals surface area (Å²) in [4.78, 5) is 4.35. The number of nitrogens with one attached hydrogen (secondary N) is 1. The standard InChI is InChI=1S/C24H30N4O3S/c1-4-31-24-17(2)13-22(14-18(24)3)32(29,30)26-16-20-15-23(19-9-11-25-12-10-19)28(27-20)21-7-5-6-8-21/h9-15,21,26H,4-8,16H2,1-3H3. The average molecular weight is 455 g/mol. The smallest absolute Gasteiger partial charge is 0.240 e. The summed E-state index contributed by atoms with van der Waals surface area (Å²) in [6, 6.07) is 9.55. The first-order valence-corrected chi connectivity index (χ1v) is 12.6. The molecule has 0 amide bonds. The molecule has 4 rings (SSSR count). The molecule has 3 aromatic rings. The van der Waals surface area contributed by atoms with Gasteiger partial charge in [0.05, 0.1) is 35.5 Å². The number of hydrogen-bond acceptors (Lipinski definition) is 5. The van der Waals surface area contributed by atoms with Gasteiger partial charge in [-0.25, -0.2) is 13.1 Å². The topological polar surface area (TPSA) is 86.1 Å². The van der Waals surface area contributed by atoms with E-state index >= 15 is 0 Å². The lowest BCUT2D eigenvalue weighted by Crippen LogP contribution is -2.24. The van der Waals surface area contributed by atoms with Crippen molar-refractivity contribution in [3.8, 4) is 17.0 Å². The third kappa shape index (κ3) is 4.71. The van der Waals surface area contributed by atoms with Crippen LogP contribution < -0.4 is 9.46 Å². The van der Waals surface area contributed by atoms with Crippen molar-refractivity contribution in [3.05, 3.63) is 59.5 Å². The molecule has 0 spiro atoms. The molecule has 0 bridgehead atoms. The summed E-state index contributed by atoms with van der Waals surface area (Å²) in [5.41, 5.74) is 4.34. The van der Waals surface area contributed by atoms with Crippen molar-refractivity contribution in [2.75, 3.05) is 6.61 Å². The Morgan fingerprint density at radius 2 is 1.75 bits per heavy atom. The largest absolute Gasteiger partial charge is 0.493 e. The first-order chi connectivity index (χ1) is 15.4. The van der Waals surface area contributed by atoms with Gasteiger partial charge >= 0.3 is 0 Å². The van der Waals surface area contributed by atoms with Crippen LogP contribution in [0.5, 0.6) is 5.75 Å². The Morgan fingerprint density at radius 1 is 1.09 bits per heavy atom. The summed E-state index contributed by atoms with van der Waals surface area (Å²) in [5.74, 6) is 0.740. The summed E-state index contributed by atoms with van der Waals surface area (Å²) in [7, 11) is -3.69. The van der Waals surface area contributed by atoms with Crippen LogP contribution in [-0.4, -0.2) is 29.8 Å². The van der Waals surface area contributed by atoms with Crippen LogP contribution in [-0.2, 0) is 16.6 Å². The van der Waals surface area contributed by atoms with E-state index in [4.69, 9.17) is 9.84 Å². The van der Waals surface area contributed by atoms with Crippen LogP contribution in [0.2, 0.25) is 0 Å². The van der Waals surface area contributed by atoms with E-state index in [0.717, 1.165) is 41.0 Å². The van der Waals surface area contributed by atoms with Crippen molar-refractivity contribution < 1.29 is 13.2 Å². The highest BCUT2D eigenvalue weighted by Crippen LogP contribution is 2.33. The number of pyridine rings is 1. The molecular weight excluding hydrogens is 424 g/mol. The SMILES string of the molecule is CCOc1c(C)cc(S(=O)(=O)NCc2cc(-c3ccncc3)n(C3CCCC3)n2)cc1C. The Hall–Kier alpha value is -2.71. The number of rotatable bonds is 8. The molecular formula is C24H30N4O3S. The Kier molecular flexibility index (Phi) is 6.62. The molecule has 1 aliphatic carbocycles. The predicted octanol–water partition coefficient (Wildman–Crippen LogP) is 4.55. The quantitative estimate of drug-likeness (QED) is 0.539. The van der Waals surface area contributed by atoms with Crippen LogP contribution in [0.3, 0.4) is 0 Å². The molecule has 2 heterocycles. The van der Waals surface area contributed by atoms with Crippen molar-refractivity contribution in [2.45, 2.75) is 63.9 Å². The molecule has 1 fully saturated rings. The Balaban J connectivity index is 1.58. The molecule has 8 heteroatoms. The van der Waals surface area contributed by atoms with Gasteiger partial charge in [0.2, 0.25) is 10.0 Å². The number of aromatic nitrogens is 3. The maximum atomic E-state index is 13.0. The number of sulfonamides is 1. The minimum atomic E-state index is -3.69. The maximum Gasteiger partial charge on any atom is 0.240 e. The molecule has 0 atom stereocenters. The summed E-state index contributed by atoms with van der Waals surface area (Å²) < 4.78 is 36.4. The summed E-state index contributed by atoms with van der Waals surface area (Å²) in [6.07, 6.45) is 8.10. The molecule has 0 aliphatic heterocycles. The fourth-order valence-electron chi connectivity index (χ4n) is 4.39. The second-order valence-corrected chi connectivity index (χ2v) is 10.1. The number of nitrogens with zero attached hydrogens (tertiary/aromatic N) is 3. The molecule has 2 aromatic heterocycles. The van der Waals surface area contributed by atoms with Gasteiger partial charge in [-0.2, -0.15) is 5.10 Å². The second-order valence-electron chi connectivity index (χ2n) is 8.28. The number of ether oxygens (including phenoxy) is 1. The molecule has 170 valence electrons. The van der Waals surface area contributed by atoms with Gasteiger partial charge in [0.25, 0.3) is 0 Å². The van der Waals surface area contributed by atoms with Gasteiger partial charge in [-0.15, -0.1) is 0 Å². The highest BCUT2D eigenvalue weighted by Gasteiger charge is 2.23. The average Bonchev–Trinajstić information content (AvgIpc) is 3.45. The lowest BCUT2D eigenvalue weighted by molar-refractivity contribution is 0.335. The molecule has 7 nitrogen and oxygen atoms in total. The molecule has 1 N–H and O–H groups in total. The van der Waals surface area contributed by atoms with Crippen LogP contribution >= 0.6 is 0 Å². The van der Waals surface area contributed by atoms with Gasteiger partial charge in [0, 0.05) is 18.0 Å². The zero-order valence-electron chi connectivity index (χ0n) is 18.8. The Bertz CT molecular complexity index is 1160. The van der Waals surface area contributed by atoms with E-state index in [9.17, 15) is 8.42 Å². The third-order valence-electron chi connectivity index (χ3n) is 5.91. The van der Waals surface area contributed by atoms with Crippen LogP contribution in [0.25, 0.3) is 11.3 Å². The monoisotopic (exact) mass is 454 g/mol. The highest BCUT2D eigenvalue weighted by atomic mass is 32.2. The lowest BCUT2D eigenvalue weighted by Gasteiger charge is -2.14. The van der Waals surface area contributed by atoms with Crippen molar-refractivity contribution in [1.29, 1.82) is 0 Å². The summed E-state index contributed by atoms with van der Waals surface area (Å²) in [5, 5.41) is 4.79. The first kappa shape index (κ1) is 22.5. The number of benzene rings is 1. The Morgan fingerprint density at radius 3 is 2.38 bits per heavy atom. The van der Waals surface area contributed by atoms with E-state index in [1.54, 1.807) is 24.5 Å². The minimum absolute atomic E-state index is 0.130. The molecule has 0 radical (unpaired) electrons. The van der Waals surface area contributed by atoms with Crippen molar-refractivity contribution in [2.24, 2.45) is 0 Å². The van der Waals surface area contributed by atoms with Gasteiger partial charge in [-0.1, -0.05) is 12.8 Å². The first-order valence-electron chi connectivity index (χ1n) is 11.1. The minimum Gasteiger partial charge on any atom is -0.493 e. The van der Waals surface area contributed by atoms with E-state index in [1.165, 1.54) is 12.8 Å². The predicted molar refractivity (Wildman–Crippen MR) is 124 cm³/mol. The third-order valence-corrected chi connectivity index (χ3v) is 7.29. The number of aryl methyl sites for hydroxylation is 2. The molecule has 1 aromatic carbocycles. The molecule has 32 heavy (non-hydrogen) atoms. The van der Waals surface area contributed by atoms with Crippen LogP contribution in [0, 0.1) is 13.8 Å². The lowest BCUT2D eigenvalue weighted by atomic mass is 10.1. The van der Waals surface area contributed by atoms with Crippen LogP contribution in [0.1, 0.15) is 55.5 Å². The zero-order chi connectivity index (χ0) is 22.7. The maximum absolute atomic E-state index is 13.0. The summed E-state index contributed by atoms with van der Waals surface area (Å²) >= 11 is 0. The van der Waals surface area contributed by atoms with E-state index in [-0.39, 0.29) is 11.4 Å². The van der Waals surface area contributed by atoms with Crippen molar-refractivity contribution in [1.82, 2.24) is 19.5 Å². The second kappa shape index (κ2) is 9.42. The van der Waals surface area contributed by atoms with E-state index in [2.05, 4.69) is 14.4 Å². The van der Waals surface area contributed by atoms with Crippen LogP contribution in [0.15, 0.2) is 47.6 Å². The van der Waals surface area contributed by atoms with Gasteiger partial charge in [0.1, 0.15) is 5.75 Å². The van der Waals surface area contributed by atoms with Gasteiger partial charge in [0.15, 0.2) is 0 Å². The van der Waals surface area contributed by atoms with E-state index < -0.39 is 10.0 Å². The fraction of sp³-hybridized carbons (Fsp3) is 0.417. The zero-order valence-corrected chi connectivity index (χ0v) is 19.7. The molecule has 0 unspecified atom stereocenters. The Labute approximate surface area is 189 Å². The van der Waals surface area contributed by atoms with Crippen molar-refractivity contribution in [3.63, 3.8) is 0 Å². The highest BCUT2D eigenvalue weighted by molar-refractivity contribution is 7.89. The normalized spacial score (nSPS) is 14.7. The van der Waals surface area contributed by atoms with E-state index in [1.807, 2.05) is 39.0 Å². The van der Waals surface area contributed by atoms with Gasteiger partial charge in [-0.05, 0) is 75.1 Å². The summed E-state index contributed by atoms with van der Waals surface area (Å²) in [6.45, 7) is 6.31.